The smallest absolute Gasteiger partial charge is 0.169 e. The second-order valence-electron chi connectivity index (χ2n) is 5.63. The average Bonchev–Trinajstić information content (AvgIpc) is 2.64. The van der Waals surface area contributed by atoms with E-state index >= 15 is 0 Å². The first-order valence-electron chi connectivity index (χ1n) is 6.21. The molecule has 0 amide bonds. The van der Waals surface area contributed by atoms with Crippen molar-refractivity contribution in [2.75, 3.05) is 19.6 Å². The van der Waals surface area contributed by atoms with Crippen LogP contribution in [0, 0.1) is 5.41 Å². The molecule has 1 aromatic heterocycles. The van der Waals surface area contributed by atoms with Gasteiger partial charge in [0.25, 0.3) is 0 Å². The molecule has 2 N–H and O–H groups in total. The molecule has 1 saturated heterocycles. The van der Waals surface area contributed by atoms with Gasteiger partial charge in [-0.3, -0.25) is 4.90 Å². The van der Waals surface area contributed by atoms with Crippen molar-refractivity contribution in [3.63, 3.8) is 0 Å². The Morgan fingerprint density at radius 1 is 1.53 bits per heavy atom. The predicted octanol–water partition coefficient (Wildman–Crippen LogP) is 3.16. The third-order valence-electron chi connectivity index (χ3n) is 3.52. The van der Waals surface area contributed by atoms with E-state index in [1.807, 2.05) is 12.1 Å². The number of furan rings is 1. The summed E-state index contributed by atoms with van der Waals surface area (Å²) in [5.74, 6) is 0.970. The van der Waals surface area contributed by atoms with Crippen molar-refractivity contribution in [2.24, 2.45) is 11.1 Å². The van der Waals surface area contributed by atoms with Gasteiger partial charge in [-0.05, 0) is 52.9 Å². The highest BCUT2D eigenvalue weighted by molar-refractivity contribution is 9.10. The van der Waals surface area contributed by atoms with Crippen LogP contribution in [0.5, 0.6) is 0 Å². The minimum absolute atomic E-state index is 0.209. The first kappa shape index (κ1) is 13.1. The van der Waals surface area contributed by atoms with Crippen LogP contribution in [0.25, 0.3) is 0 Å². The molecule has 4 heteroatoms. The molecular formula is C13H21BrN2O. The molecule has 1 aromatic rings. The molecule has 1 aliphatic heterocycles. The Hall–Kier alpha value is -0.320. The van der Waals surface area contributed by atoms with Crippen LogP contribution in [0.2, 0.25) is 0 Å². The molecule has 3 nitrogen and oxygen atoms in total. The Bertz CT molecular complexity index is 375. The van der Waals surface area contributed by atoms with E-state index < -0.39 is 0 Å². The van der Waals surface area contributed by atoms with E-state index in [4.69, 9.17) is 10.2 Å². The van der Waals surface area contributed by atoms with E-state index in [1.54, 1.807) is 0 Å². The number of halogens is 1. The van der Waals surface area contributed by atoms with Crippen molar-refractivity contribution in [3.05, 3.63) is 22.6 Å². The van der Waals surface area contributed by atoms with E-state index in [0.717, 1.165) is 23.5 Å². The Morgan fingerprint density at radius 3 is 2.82 bits per heavy atom. The number of hydrogen-bond donors (Lipinski definition) is 1. The SMILES string of the molecule is CC1(C)CCCN(C(CN)c2ccc(Br)o2)C1. The normalized spacial score (nSPS) is 22.6. The maximum absolute atomic E-state index is 5.92. The summed E-state index contributed by atoms with van der Waals surface area (Å²) < 4.78 is 6.43. The van der Waals surface area contributed by atoms with Gasteiger partial charge in [0.1, 0.15) is 5.76 Å². The third kappa shape index (κ3) is 3.12. The van der Waals surface area contributed by atoms with Gasteiger partial charge in [-0.1, -0.05) is 13.8 Å². The summed E-state index contributed by atoms with van der Waals surface area (Å²) in [7, 11) is 0. The van der Waals surface area contributed by atoms with Crippen LogP contribution in [-0.4, -0.2) is 24.5 Å². The zero-order valence-corrected chi connectivity index (χ0v) is 12.2. The lowest BCUT2D eigenvalue weighted by Gasteiger charge is -2.41. The van der Waals surface area contributed by atoms with E-state index in [-0.39, 0.29) is 6.04 Å². The standard InChI is InChI=1S/C13H21BrN2O/c1-13(2)6-3-7-16(9-13)10(8-15)11-4-5-12(14)17-11/h4-5,10H,3,6-9,15H2,1-2H3. The van der Waals surface area contributed by atoms with Gasteiger partial charge in [-0.15, -0.1) is 0 Å². The van der Waals surface area contributed by atoms with Crippen molar-refractivity contribution in [1.82, 2.24) is 4.90 Å². The van der Waals surface area contributed by atoms with Gasteiger partial charge in [0.05, 0.1) is 6.04 Å². The second-order valence-corrected chi connectivity index (χ2v) is 6.41. The molecule has 96 valence electrons. The summed E-state index contributed by atoms with van der Waals surface area (Å²) in [5.41, 5.74) is 6.30. The highest BCUT2D eigenvalue weighted by atomic mass is 79.9. The molecule has 0 saturated carbocycles. The number of likely N-dealkylation sites (tertiary alicyclic amines) is 1. The lowest BCUT2D eigenvalue weighted by molar-refractivity contribution is 0.0714. The molecule has 1 fully saturated rings. The summed E-state index contributed by atoms with van der Waals surface area (Å²) in [5, 5.41) is 0. The summed E-state index contributed by atoms with van der Waals surface area (Å²) in [6, 6.07) is 4.16. The van der Waals surface area contributed by atoms with E-state index in [0.29, 0.717) is 12.0 Å². The lowest BCUT2D eigenvalue weighted by atomic mass is 9.83. The van der Waals surface area contributed by atoms with Gasteiger partial charge in [-0.2, -0.15) is 0 Å². The van der Waals surface area contributed by atoms with Crippen molar-refractivity contribution >= 4 is 15.9 Å². The van der Waals surface area contributed by atoms with Crippen molar-refractivity contribution in [1.29, 1.82) is 0 Å². The van der Waals surface area contributed by atoms with Crippen LogP contribution in [0.3, 0.4) is 0 Å². The van der Waals surface area contributed by atoms with Crippen LogP contribution in [0.1, 0.15) is 38.5 Å². The fourth-order valence-electron chi connectivity index (χ4n) is 2.69. The van der Waals surface area contributed by atoms with Gasteiger partial charge < -0.3 is 10.2 Å². The molecular weight excluding hydrogens is 280 g/mol. The van der Waals surface area contributed by atoms with Crippen LogP contribution >= 0.6 is 15.9 Å². The number of rotatable bonds is 3. The Balaban J connectivity index is 2.13. The largest absolute Gasteiger partial charge is 0.453 e. The maximum atomic E-state index is 5.92. The molecule has 0 bridgehead atoms. The summed E-state index contributed by atoms with van der Waals surface area (Å²) >= 11 is 3.35. The molecule has 2 heterocycles. The first-order valence-corrected chi connectivity index (χ1v) is 7.00. The average molecular weight is 301 g/mol. The minimum atomic E-state index is 0.209. The van der Waals surface area contributed by atoms with Gasteiger partial charge in [0.2, 0.25) is 0 Å². The van der Waals surface area contributed by atoms with Crippen LogP contribution < -0.4 is 5.73 Å². The fourth-order valence-corrected chi connectivity index (χ4v) is 3.01. The molecule has 2 rings (SSSR count). The molecule has 0 radical (unpaired) electrons. The fraction of sp³-hybridized carbons (Fsp3) is 0.692. The Kier molecular flexibility index (Phi) is 3.95. The minimum Gasteiger partial charge on any atom is -0.453 e. The highest BCUT2D eigenvalue weighted by Crippen LogP contribution is 2.34. The van der Waals surface area contributed by atoms with E-state index in [9.17, 15) is 0 Å². The second kappa shape index (κ2) is 5.12. The maximum Gasteiger partial charge on any atom is 0.169 e. The number of nitrogens with zero attached hydrogens (tertiary/aromatic N) is 1. The summed E-state index contributed by atoms with van der Waals surface area (Å²) in [6.07, 6.45) is 2.54. The van der Waals surface area contributed by atoms with Gasteiger partial charge in [0.15, 0.2) is 4.67 Å². The number of nitrogens with two attached hydrogens (primary N) is 1. The van der Waals surface area contributed by atoms with Gasteiger partial charge in [-0.25, -0.2) is 0 Å². The van der Waals surface area contributed by atoms with Crippen LogP contribution in [0.15, 0.2) is 21.2 Å². The molecule has 0 aromatic carbocycles. The molecule has 0 spiro atoms. The van der Waals surface area contributed by atoms with Gasteiger partial charge in [0, 0.05) is 13.1 Å². The molecule has 1 aliphatic rings. The molecule has 0 aliphatic carbocycles. The van der Waals surface area contributed by atoms with Crippen molar-refractivity contribution in [3.8, 4) is 0 Å². The first-order chi connectivity index (χ1) is 8.02. The number of piperidine rings is 1. The quantitative estimate of drug-likeness (QED) is 0.932. The Labute approximate surface area is 111 Å². The third-order valence-corrected chi connectivity index (χ3v) is 3.94. The summed E-state index contributed by atoms with van der Waals surface area (Å²) in [6.45, 7) is 7.46. The van der Waals surface area contributed by atoms with Crippen LogP contribution in [-0.2, 0) is 0 Å². The number of hydrogen-bond acceptors (Lipinski definition) is 3. The van der Waals surface area contributed by atoms with Crippen molar-refractivity contribution < 1.29 is 4.42 Å². The van der Waals surface area contributed by atoms with E-state index in [2.05, 4.69) is 34.7 Å². The predicted molar refractivity (Wildman–Crippen MR) is 72.8 cm³/mol. The lowest BCUT2D eigenvalue weighted by Crippen LogP contribution is -2.44. The van der Waals surface area contributed by atoms with Crippen LogP contribution in [0.4, 0.5) is 0 Å². The molecule has 1 atom stereocenters. The van der Waals surface area contributed by atoms with Crippen molar-refractivity contribution in [2.45, 2.75) is 32.7 Å². The highest BCUT2D eigenvalue weighted by Gasteiger charge is 2.31. The topological polar surface area (TPSA) is 42.4 Å². The molecule has 17 heavy (non-hydrogen) atoms. The monoisotopic (exact) mass is 300 g/mol. The zero-order valence-electron chi connectivity index (χ0n) is 10.6. The molecule has 1 unspecified atom stereocenters. The van der Waals surface area contributed by atoms with E-state index in [1.165, 1.54) is 12.8 Å². The Morgan fingerprint density at radius 2 is 2.29 bits per heavy atom. The zero-order chi connectivity index (χ0) is 12.5. The summed E-state index contributed by atoms with van der Waals surface area (Å²) in [4.78, 5) is 2.45. The van der Waals surface area contributed by atoms with Gasteiger partial charge >= 0.3 is 0 Å².